The second-order valence-electron chi connectivity index (χ2n) is 7.41. The average molecular weight is 414 g/mol. The molecule has 0 saturated carbocycles. The molecule has 0 spiro atoms. The summed E-state index contributed by atoms with van der Waals surface area (Å²) in [6.45, 7) is 4.21. The summed E-state index contributed by atoms with van der Waals surface area (Å²) < 4.78 is 17.7. The van der Waals surface area contributed by atoms with E-state index in [0.717, 1.165) is 28.3 Å². The number of carbonyl (C=O) groups excluding carboxylic acids is 1. The Kier molecular flexibility index (Phi) is 5.14. The smallest absolute Gasteiger partial charge is 0.231 e. The minimum atomic E-state index is -0.133. The summed E-state index contributed by atoms with van der Waals surface area (Å²) in [6.07, 6.45) is 3.53. The van der Waals surface area contributed by atoms with E-state index in [4.69, 9.17) is 14.2 Å². The average Bonchev–Trinajstić information content (AvgIpc) is 3.12. The lowest BCUT2D eigenvalue weighted by molar-refractivity contribution is 0.0861. The fourth-order valence-electron chi connectivity index (χ4n) is 3.85. The number of Topliss-reactive ketones (excluding diaryl/α,β-unsaturated/α-hetero) is 1. The number of ketones is 1. The van der Waals surface area contributed by atoms with Crippen LogP contribution in [-0.4, -0.2) is 29.0 Å². The largest absolute Gasteiger partial charge is 0.493 e. The molecular weight excluding hydrogens is 392 g/mol. The zero-order valence-electron chi connectivity index (χ0n) is 17.2. The number of allylic oxidation sites excluding steroid dienone is 1. The third kappa shape index (κ3) is 3.78. The zero-order chi connectivity index (χ0) is 21.2. The number of ether oxygens (including phenoxy) is 3. The van der Waals surface area contributed by atoms with Gasteiger partial charge in [-0.25, -0.2) is 0 Å². The topological polar surface area (TPSA) is 60.9 Å². The monoisotopic (exact) mass is 414 g/mol. The number of benzene rings is 2. The van der Waals surface area contributed by atoms with Crippen molar-refractivity contribution in [2.75, 3.05) is 13.3 Å². The SMILES string of the molecule is CCOc1ccccc1/C=C1\Oc2c(ccc3c2CN(Cc2ccccn2)CO3)C1=O. The van der Waals surface area contributed by atoms with Crippen LogP contribution in [0.15, 0.2) is 66.6 Å². The molecule has 0 radical (unpaired) electrons. The Hall–Kier alpha value is -3.64. The van der Waals surface area contributed by atoms with Crippen LogP contribution in [0.1, 0.15) is 34.1 Å². The predicted molar refractivity (Wildman–Crippen MR) is 116 cm³/mol. The summed E-state index contributed by atoms with van der Waals surface area (Å²) in [5.41, 5.74) is 3.21. The molecule has 5 rings (SSSR count). The van der Waals surface area contributed by atoms with Gasteiger partial charge in [0, 0.05) is 24.8 Å². The van der Waals surface area contributed by atoms with Gasteiger partial charge in [-0.15, -0.1) is 0 Å². The first-order valence-electron chi connectivity index (χ1n) is 10.3. The van der Waals surface area contributed by atoms with Gasteiger partial charge in [-0.3, -0.25) is 14.7 Å². The second kappa shape index (κ2) is 8.24. The van der Waals surface area contributed by atoms with Gasteiger partial charge < -0.3 is 14.2 Å². The maximum absolute atomic E-state index is 13.0. The maximum Gasteiger partial charge on any atom is 0.231 e. The van der Waals surface area contributed by atoms with Crippen molar-refractivity contribution in [1.82, 2.24) is 9.88 Å². The first-order valence-corrected chi connectivity index (χ1v) is 10.3. The van der Waals surface area contributed by atoms with Crippen LogP contribution >= 0.6 is 0 Å². The third-order valence-electron chi connectivity index (χ3n) is 5.30. The van der Waals surface area contributed by atoms with Crippen molar-refractivity contribution >= 4 is 11.9 Å². The molecule has 6 nitrogen and oxygen atoms in total. The standard InChI is InChI=1S/C25H22N2O4/c1-2-29-21-9-4-3-7-17(21)13-23-24(28)19-10-11-22-20(25(19)31-23)15-27(16-30-22)14-18-8-5-6-12-26-18/h3-13H,2,14-16H2,1H3/b23-13-. The van der Waals surface area contributed by atoms with Crippen LogP contribution in [0.2, 0.25) is 0 Å². The van der Waals surface area contributed by atoms with E-state index in [0.29, 0.717) is 37.7 Å². The molecule has 3 heterocycles. The number of rotatable bonds is 5. The molecule has 156 valence electrons. The number of aromatic nitrogens is 1. The summed E-state index contributed by atoms with van der Waals surface area (Å²) in [7, 11) is 0. The highest BCUT2D eigenvalue weighted by Crippen LogP contribution is 2.42. The Balaban J connectivity index is 1.43. The van der Waals surface area contributed by atoms with E-state index in [1.165, 1.54) is 0 Å². The normalized spacial score (nSPS) is 16.4. The quantitative estimate of drug-likeness (QED) is 0.575. The summed E-state index contributed by atoms with van der Waals surface area (Å²) in [6, 6.07) is 17.1. The fraction of sp³-hybridized carbons (Fsp3) is 0.200. The van der Waals surface area contributed by atoms with Gasteiger partial charge in [0.2, 0.25) is 5.78 Å². The Labute approximate surface area is 180 Å². The van der Waals surface area contributed by atoms with Gasteiger partial charge in [0.25, 0.3) is 0 Å². The lowest BCUT2D eigenvalue weighted by Crippen LogP contribution is -2.32. The van der Waals surface area contributed by atoms with Gasteiger partial charge in [-0.05, 0) is 43.3 Å². The number of carbonyl (C=O) groups is 1. The molecule has 31 heavy (non-hydrogen) atoms. The minimum Gasteiger partial charge on any atom is -0.493 e. The molecule has 0 fully saturated rings. The molecule has 1 aromatic heterocycles. The number of nitrogens with zero attached hydrogens (tertiary/aromatic N) is 2. The van der Waals surface area contributed by atoms with Gasteiger partial charge in [-0.1, -0.05) is 24.3 Å². The highest BCUT2D eigenvalue weighted by Gasteiger charge is 2.33. The maximum atomic E-state index is 13.0. The van der Waals surface area contributed by atoms with E-state index >= 15 is 0 Å². The van der Waals surface area contributed by atoms with Crippen LogP contribution in [0, 0.1) is 0 Å². The molecule has 2 aromatic carbocycles. The number of pyridine rings is 1. The van der Waals surface area contributed by atoms with Crippen molar-refractivity contribution in [2.45, 2.75) is 20.0 Å². The number of fused-ring (bicyclic) bond motifs is 3. The number of hydrogen-bond donors (Lipinski definition) is 0. The van der Waals surface area contributed by atoms with Crippen LogP contribution in [-0.2, 0) is 13.1 Å². The van der Waals surface area contributed by atoms with Crippen LogP contribution < -0.4 is 14.2 Å². The molecule has 0 unspecified atom stereocenters. The van der Waals surface area contributed by atoms with Crippen LogP contribution in [0.25, 0.3) is 6.08 Å². The molecule has 0 saturated heterocycles. The van der Waals surface area contributed by atoms with Gasteiger partial charge in [0.15, 0.2) is 5.76 Å². The minimum absolute atomic E-state index is 0.133. The van der Waals surface area contributed by atoms with Crippen LogP contribution in [0.3, 0.4) is 0 Å². The van der Waals surface area contributed by atoms with Crippen molar-refractivity contribution in [3.8, 4) is 17.2 Å². The molecule has 0 atom stereocenters. The zero-order valence-corrected chi connectivity index (χ0v) is 17.2. The third-order valence-corrected chi connectivity index (χ3v) is 5.30. The highest BCUT2D eigenvalue weighted by molar-refractivity contribution is 6.15. The van der Waals surface area contributed by atoms with Crippen LogP contribution in [0.5, 0.6) is 17.2 Å². The molecule has 2 aliphatic rings. The molecular formula is C25H22N2O4. The fourth-order valence-corrected chi connectivity index (χ4v) is 3.85. The Morgan fingerprint density at radius 2 is 2.00 bits per heavy atom. The van der Waals surface area contributed by atoms with Gasteiger partial charge >= 0.3 is 0 Å². The van der Waals surface area contributed by atoms with E-state index < -0.39 is 0 Å². The van der Waals surface area contributed by atoms with E-state index in [-0.39, 0.29) is 11.5 Å². The van der Waals surface area contributed by atoms with E-state index in [9.17, 15) is 4.79 Å². The first-order chi connectivity index (χ1) is 15.2. The van der Waals surface area contributed by atoms with Crippen molar-refractivity contribution in [3.63, 3.8) is 0 Å². The van der Waals surface area contributed by atoms with Gasteiger partial charge in [-0.2, -0.15) is 0 Å². The summed E-state index contributed by atoms with van der Waals surface area (Å²) in [5, 5.41) is 0. The lowest BCUT2D eigenvalue weighted by atomic mass is 10.0. The van der Waals surface area contributed by atoms with E-state index in [1.54, 1.807) is 18.3 Å². The van der Waals surface area contributed by atoms with Crippen LogP contribution in [0.4, 0.5) is 0 Å². The highest BCUT2D eigenvalue weighted by atomic mass is 16.5. The van der Waals surface area contributed by atoms with Crippen molar-refractivity contribution in [2.24, 2.45) is 0 Å². The first kappa shape index (κ1) is 19.3. The molecule has 3 aromatic rings. The Morgan fingerprint density at radius 3 is 2.84 bits per heavy atom. The summed E-state index contributed by atoms with van der Waals surface area (Å²) in [5.74, 6) is 2.20. The molecule has 0 N–H and O–H groups in total. The Morgan fingerprint density at radius 1 is 1.13 bits per heavy atom. The van der Waals surface area contributed by atoms with Gasteiger partial charge in [0.1, 0.15) is 24.0 Å². The van der Waals surface area contributed by atoms with E-state index in [2.05, 4.69) is 9.88 Å². The van der Waals surface area contributed by atoms with E-state index in [1.807, 2.05) is 55.5 Å². The van der Waals surface area contributed by atoms with Gasteiger partial charge in [0.05, 0.1) is 23.4 Å². The molecule has 0 bridgehead atoms. The molecule has 2 aliphatic heterocycles. The second-order valence-corrected chi connectivity index (χ2v) is 7.41. The summed E-state index contributed by atoms with van der Waals surface area (Å²) >= 11 is 0. The van der Waals surface area contributed by atoms with Crippen molar-refractivity contribution in [3.05, 3.63) is 88.9 Å². The predicted octanol–water partition coefficient (Wildman–Crippen LogP) is 4.45. The molecule has 0 aliphatic carbocycles. The lowest BCUT2D eigenvalue weighted by Gasteiger charge is -2.29. The molecule has 6 heteroatoms. The van der Waals surface area contributed by atoms with Crippen molar-refractivity contribution < 1.29 is 19.0 Å². The van der Waals surface area contributed by atoms with Crippen molar-refractivity contribution in [1.29, 1.82) is 0 Å². The number of hydrogen-bond acceptors (Lipinski definition) is 6. The Bertz CT molecular complexity index is 1160. The number of para-hydroxylation sites is 1. The molecule has 0 amide bonds. The summed E-state index contributed by atoms with van der Waals surface area (Å²) in [4.78, 5) is 19.6.